The van der Waals surface area contributed by atoms with Crippen LogP contribution in [0, 0.1) is 0 Å². The number of sulfonamides is 1. The minimum atomic E-state index is -3.25. The Morgan fingerprint density at radius 1 is 1.04 bits per heavy atom. The molecule has 0 spiro atoms. The van der Waals surface area contributed by atoms with Gasteiger partial charge in [0, 0.05) is 31.2 Å². The van der Waals surface area contributed by atoms with Crippen molar-refractivity contribution >= 4 is 40.0 Å². The normalized spacial score (nSPS) is 21.6. The van der Waals surface area contributed by atoms with Crippen LogP contribution in [0.5, 0.6) is 0 Å². The fourth-order valence-corrected chi connectivity index (χ4v) is 5.57. The number of likely N-dealkylation sites (tertiary alicyclic amines) is 1. The van der Waals surface area contributed by atoms with Crippen LogP contribution in [0.3, 0.4) is 0 Å². The van der Waals surface area contributed by atoms with E-state index in [4.69, 9.17) is 0 Å². The summed E-state index contributed by atoms with van der Waals surface area (Å²) in [4.78, 5) is 7.06. The van der Waals surface area contributed by atoms with Gasteiger partial charge in [-0.25, -0.2) is 13.1 Å². The molecule has 3 N–H and O–H groups in total. The van der Waals surface area contributed by atoms with Gasteiger partial charge < -0.3 is 10.6 Å². The summed E-state index contributed by atoms with van der Waals surface area (Å²) >= 11 is 0. The highest BCUT2D eigenvalue weighted by atomic mass is 127. The Kier molecular flexibility index (Phi) is 10.5. The lowest BCUT2D eigenvalue weighted by Crippen LogP contribution is -2.60. The molecule has 1 saturated heterocycles. The van der Waals surface area contributed by atoms with E-state index in [1.807, 2.05) is 13.8 Å². The molecule has 1 aliphatic carbocycles. The topological polar surface area (TPSA) is 85.8 Å². The number of nitrogens with one attached hydrogen (secondary N) is 3. The molecule has 0 unspecified atom stereocenters. The largest absolute Gasteiger partial charge is 0.355 e. The fraction of sp³-hybridized carbons (Fsp3) is 0.947. The third-order valence-corrected chi connectivity index (χ3v) is 6.70. The molecule has 2 aliphatic rings. The highest BCUT2D eigenvalue weighted by Gasteiger charge is 2.38. The molecule has 0 radical (unpaired) electrons. The molecule has 1 heterocycles. The number of hydrogen-bond acceptors (Lipinski definition) is 4. The van der Waals surface area contributed by atoms with Crippen LogP contribution in [0.1, 0.15) is 65.2 Å². The summed E-state index contributed by atoms with van der Waals surface area (Å²) in [5.41, 5.74) is -0.350. The van der Waals surface area contributed by atoms with Crippen molar-refractivity contribution in [3.05, 3.63) is 0 Å². The van der Waals surface area contributed by atoms with Crippen molar-refractivity contribution in [2.24, 2.45) is 4.99 Å². The SMILES string of the molecule is CN=C(NCC(C)(C)NS(C)(=O)=O)NCC1(N2CCCCC2)CCCCC1.I. The van der Waals surface area contributed by atoms with E-state index in [-0.39, 0.29) is 29.5 Å². The van der Waals surface area contributed by atoms with Crippen LogP contribution in [0.25, 0.3) is 0 Å². The van der Waals surface area contributed by atoms with Gasteiger partial charge in [-0.2, -0.15) is 0 Å². The predicted molar refractivity (Wildman–Crippen MR) is 128 cm³/mol. The second-order valence-electron chi connectivity index (χ2n) is 8.87. The highest BCUT2D eigenvalue weighted by Crippen LogP contribution is 2.35. The van der Waals surface area contributed by atoms with Crippen LogP contribution in [0.2, 0.25) is 0 Å². The quantitative estimate of drug-likeness (QED) is 0.268. The smallest absolute Gasteiger partial charge is 0.209 e. The average molecular weight is 530 g/mol. The zero-order valence-corrected chi connectivity index (χ0v) is 21.2. The summed E-state index contributed by atoms with van der Waals surface area (Å²) in [7, 11) is -1.48. The molecule has 9 heteroatoms. The molecule has 7 nitrogen and oxygen atoms in total. The number of halogens is 1. The first kappa shape index (κ1) is 25.9. The zero-order chi connectivity index (χ0) is 20.0. The van der Waals surface area contributed by atoms with Gasteiger partial charge in [-0.15, -0.1) is 24.0 Å². The molecule has 0 aromatic heterocycles. The van der Waals surface area contributed by atoms with Crippen molar-refractivity contribution in [1.82, 2.24) is 20.3 Å². The first-order valence-corrected chi connectivity index (χ1v) is 12.2. The van der Waals surface area contributed by atoms with E-state index >= 15 is 0 Å². The summed E-state index contributed by atoms with van der Waals surface area (Å²) in [5, 5.41) is 6.82. The number of piperidine rings is 1. The van der Waals surface area contributed by atoms with Gasteiger partial charge in [-0.1, -0.05) is 25.7 Å². The van der Waals surface area contributed by atoms with Crippen LogP contribution >= 0.6 is 24.0 Å². The van der Waals surface area contributed by atoms with Crippen LogP contribution < -0.4 is 15.4 Å². The average Bonchev–Trinajstić information content (AvgIpc) is 2.61. The Morgan fingerprint density at radius 2 is 1.61 bits per heavy atom. The maximum Gasteiger partial charge on any atom is 0.209 e. The van der Waals surface area contributed by atoms with Gasteiger partial charge in [0.15, 0.2) is 5.96 Å². The maximum atomic E-state index is 11.5. The molecule has 166 valence electrons. The van der Waals surface area contributed by atoms with E-state index in [1.54, 1.807) is 7.05 Å². The van der Waals surface area contributed by atoms with Gasteiger partial charge in [0.1, 0.15) is 0 Å². The van der Waals surface area contributed by atoms with Gasteiger partial charge in [0.05, 0.1) is 6.26 Å². The molecule has 0 amide bonds. The van der Waals surface area contributed by atoms with Crippen LogP contribution in [-0.2, 0) is 10.0 Å². The highest BCUT2D eigenvalue weighted by molar-refractivity contribution is 14.0. The van der Waals surface area contributed by atoms with Crippen molar-refractivity contribution in [3.8, 4) is 0 Å². The number of nitrogens with zero attached hydrogens (tertiary/aromatic N) is 2. The van der Waals surface area contributed by atoms with Crippen LogP contribution in [-0.4, -0.2) is 69.8 Å². The molecule has 2 rings (SSSR count). The van der Waals surface area contributed by atoms with Gasteiger partial charge in [0.2, 0.25) is 10.0 Å². The van der Waals surface area contributed by atoms with Gasteiger partial charge in [-0.05, 0) is 52.6 Å². The molecule has 1 saturated carbocycles. The lowest BCUT2D eigenvalue weighted by Gasteiger charge is -2.48. The van der Waals surface area contributed by atoms with Crippen molar-refractivity contribution in [2.45, 2.75) is 76.3 Å². The molecular weight excluding hydrogens is 489 g/mol. The van der Waals surface area contributed by atoms with Gasteiger partial charge in [0.25, 0.3) is 0 Å². The lowest BCUT2D eigenvalue weighted by molar-refractivity contribution is 0.0368. The summed E-state index contributed by atoms with van der Waals surface area (Å²) in [6, 6.07) is 0. The standard InChI is InChI=1S/C19H39N5O2S.HI/c1-18(2,23-27(4,25)26)15-21-17(20-3)22-16-19(11-7-5-8-12-19)24-13-9-6-10-14-24;/h23H,5-16H2,1-4H3,(H2,20,21,22);1H. The van der Waals surface area contributed by atoms with Crippen molar-refractivity contribution in [2.75, 3.05) is 39.5 Å². The number of rotatable bonds is 7. The van der Waals surface area contributed by atoms with Crippen LogP contribution in [0.4, 0.5) is 0 Å². The molecule has 0 aromatic carbocycles. The fourth-order valence-electron chi connectivity index (χ4n) is 4.49. The second-order valence-corrected chi connectivity index (χ2v) is 10.6. The van der Waals surface area contributed by atoms with E-state index in [9.17, 15) is 8.42 Å². The zero-order valence-electron chi connectivity index (χ0n) is 18.0. The minimum Gasteiger partial charge on any atom is -0.355 e. The Labute approximate surface area is 189 Å². The minimum absolute atomic E-state index is 0. The summed E-state index contributed by atoms with van der Waals surface area (Å²) < 4.78 is 25.7. The Bertz CT molecular complexity index is 597. The first-order chi connectivity index (χ1) is 12.7. The molecule has 0 atom stereocenters. The molecule has 28 heavy (non-hydrogen) atoms. The summed E-state index contributed by atoms with van der Waals surface area (Å²) in [6.45, 7) is 7.51. The Morgan fingerprint density at radius 3 is 2.14 bits per heavy atom. The molecular formula is C19H40IN5O2S. The Balaban J connectivity index is 0.00000392. The summed E-state index contributed by atoms with van der Waals surface area (Å²) in [6.07, 6.45) is 11.6. The van der Waals surface area contributed by atoms with E-state index in [0.717, 1.165) is 12.5 Å². The van der Waals surface area contributed by atoms with Gasteiger partial charge in [-0.3, -0.25) is 9.89 Å². The number of guanidine groups is 1. The maximum absolute atomic E-state index is 11.5. The number of aliphatic imine (C=N–C) groups is 1. The van der Waals surface area contributed by atoms with Crippen molar-refractivity contribution in [3.63, 3.8) is 0 Å². The summed E-state index contributed by atoms with van der Waals surface area (Å²) in [5.74, 6) is 0.736. The third kappa shape index (κ3) is 8.31. The molecule has 0 aromatic rings. The Hall–Kier alpha value is -0.130. The van der Waals surface area contributed by atoms with E-state index in [1.165, 1.54) is 70.7 Å². The third-order valence-electron chi connectivity index (χ3n) is 5.78. The van der Waals surface area contributed by atoms with Crippen molar-refractivity contribution in [1.29, 1.82) is 0 Å². The first-order valence-electron chi connectivity index (χ1n) is 10.3. The molecule has 2 fully saturated rings. The second kappa shape index (κ2) is 11.3. The number of hydrogen-bond donors (Lipinski definition) is 3. The van der Waals surface area contributed by atoms with E-state index in [2.05, 4.69) is 25.2 Å². The monoisotopic (exact) mass is 529 g/mol. The predicted octanol–water partition coefficient (Wildman–Crippen LogP) is 2.29. The van der Waals surface area contributed by atoms with Crippen LogP contribution in [0.15, 0.2) is 4.99 Å². The molecule has 0 bridgehead atoms. The van der Waals surface area contributed by atoms with E-state index in [0.29, 0.717) is 6.54 Å². The van der Waals surface area contributed by atoms with E-state index < -0.39 is 15.6 Å². The van der Waals surface area contributed by atoms with Crippen molar-refractivity contribution < 1.29 is 8.42 Å². The molecule has 1 aliphatic heterocycles. The lowest BCUT2D eigenvalue weighted by atomic mass is 9.79. The van der Waals surface area contributed by atoms with Gasteiger partial charge >= 0.3 is 0 Å².